The summed E-state index contributed by atoms with van der Waals surface area (Å²) in [6, 6.07) is 0. The molecule has 3 aliphatic heterocycles. The van der Waals surface area contributed by atoms with Crippen LogP contribution in [0.4, 0.5) is 5.69 Å². The number of hydrogen-bond donors (Lipinski definition) is 5. The maximum atomic E-state index is 14.1. The van der Waals surface area contributed by atoms with Crippen LogP contribution in [-0.2, 0) is 23.8 Å². The molecule has 2 aromatic carbocycles. The van der Waals surface area contributed by atoms with E-state index < -0.39 is 77.3 Å². The molecule has 5 rings (SSSR count). The fourth-order valence-electron chi connectivity index (χ4n) is 7.08. The van der Waals surface area contributed by atoms with Gasteiger partial charge >= 0.3 is 11.8 Å². The maximum Gasteiger partial charge on any atom is 0.312 e. The highest BCUT2D eigenvalue weighted by atomic mass is 16.7. The minimum Gasteiger partial charge on any atom is -0.507 e. The lowest BCUT2D eigenvalue weighted by Gasteiger charge is -2.38. The first kappa shape index (κ1) is 39.4. The van der Waals surface area contributed by atoms with Crippen molar-refractivity contribution in [3.05, 3.63) is 58.4 Å². The molecule has 51 heavy (non-hydrogen) atoms. The molecule has 0 fully saturated rings. The number of anilines is 1. The van der Waals surface area contributed by atoms with E-state index in [4.69, 9.17) is 18.9 Å². The summed E-state index contributed by atoms with van der Waals surface area (Å²) in [6.07, 6.45) is 4.02. The highest BCUT2D eigenvalue weighted by Gasteiger charge is 2.49. The van der Waals surface area contributed by atoms with E-state index in [1.807, 2.05) is 0 Å². The maximum absolute atomic E-state index is 14.1. The number of aromatic hydroxyl groups is 2. The molecule has 5 bridgehead atoms. The zero-order valence-electron chi connectivity index (χ0n) is 31.2. The van der Waals surface area contributed by atoms with Gasteiger partial charge in [-0.05, 0) is 44.9 Å². The van der Waals surface area contributed by atoms with Crippen molar-refractivity contribution in [2.45, 2.75) is 99.4 Å². The average Bonchev–Trinajstić information content (AvgIpc) is 3.35. The summed E-state index contributed by atoms with van der Waals surface area (Å²) >= 11 is 0. The number of carbonyl (C=O) groups is 3. The molecule has 0 saturated heterocycles. The number of rotatable bonds is 2. The fraction of sp³-hybridized carbons (Fsp3) is 0.513. The largest absolute Gasteiger partial charge is 0.507 e. The van der Waals surface area contributed by atoms with E-state index in [2.05, 4.69) is 5.32 Å². The number of aliphatic hydroxyl groups excluding tert-OH is 2. The van der Waals surface area contributed by atoms with Crippen molar-refractivity contribution in [1.82, 2.24) is 0 Å². The molecule has 9 unspecified atom stereocenters. The number of allylic oxidation sites excluding steroid dienone is 2. The first-order chi connectivity index (χ1) is 23.8. The molecule has 3 aliphatic rings. The van der Waals surface area contributed by atoms with Gasteiger partial charge < -0.3 is 44.7 Å². The van der Waals surface area contributed by atoms with Crippen LogP contribution < -0.4 is 10.1 Å². The highest BCUT2D eigenvalue weighted by molar-refractivity contribution is 6.21. The SMILES string of the molecule is COC1/C=C\OC2(C)Oc3c(C)c(O)c4c(O)c(c(C)c(C)c4c3C2=O)NC(=O)/C(C)=C\C=C\C(C)C(O)C(C)C(O)C(C)C(OC(C)=O)C1C. The smallest absolute Gasteiger partial charge is 0.312 e. The van der Waals surface area contributed by atoms with Crippen molar-refractivity contribution in [3.63, 3.8) is 0 Å². The van der Waals surface area contributed by atoms with Gasteiger partial charge in [0, 0.05) is 61.2 Å². The normalized spacial score (nSPS) is 32.8. The molecule has 9 atom stereocenters. The Bertz CT molecular complexity index is 1810. The number of aliphatic hydroxyl groups is 2. The van der Waals surface area contributed by atoms with Gasteiger partial charge in [-0.25, -0.2) is 0 Å². The van der Waals surface area contributed by atoms with E-state index in [9.17, 15) is 34.8 Å². The quantitative estimate of drug-likeness (QED) is 0.192. The number of ether oxygens (including phenoxy) is 4. The van der Waals surface area contributed by atoms with E-state index in [-0.39, 0.29) is 44.7 Å². The minimum atomic E-state index is -1.88. The summed E-state index contributed by atoms with van der Waals surface area (Å²) in [5, 5.41) is 48.5. The molecular weight excluding hydrogens is 658 g/mol. The first-order valence-corrected chi connectivity index (χ1v) is 17.1. The molecule has 0 aliphatic carbocycles. The summed E-state index contributed by atoms with van der Waals surface area (Å²) in [7, 11) is 1.46. The highest BCUT2D eigenvalue weighted by Crippen LogP contribution is 2.53. The second-order valence-electron chi connectivity index (χ2n) is 14.1. The fourth-order valence-corrected chi connectivity index (χ4v) is 7.08. The van der Waals surface area contributed by atoms with Crippen LogP contribution in [0.3, 0.4) is 0 Å². The Balaban J connectivity index is 1.90. The van der Waals surface area contributed by atoms with Crippen LogP contribution >= 0.6 is 0 Å². The number of methoxy groups -OCH3 is 1. The molecular formula is C39H51NO11. The number of benzene rings is 2. The summed E-state index contributed by atoms with van der Waals surface area (Å²) in [5.41, 5.74) is 1.65. The number of nitrogens with one attached hydrogen (secondary N) is 1. The number of phenolic OH excluding ortho intramolecular Hbond substituents is 2. The van der Waals surface area contributed by atoms with Crippen LogP contribution in [0.5, 0.6) is 17.2 Å². The zero-order chi connectivity index (χ0) is 38.3. The number of amides is 1. The topological polar surface area (TPSA) is 181 Å². The second-order valence-corrected chi connectivity index (χ2v) is 14.1. The molecule has 0 spiro atoms. The molecule has 278 valence electrons. The van der Waals surface area contributed by atoms with Crippen LogP contribution in [0, 0.1) is 44.4 Å². The van der Waals surface area contributed by atoms with E-state index in [1.54, 1.807) is 79.7 Å². The molecule has 0 aromatic heterocycles. The molecule has 12 heteroatoms. The second kappa shape index (κ2) is 15.1. The third-order valence-corrected chi connectivity index (χ3v) is 10.6. The Morgan fingerprint density at radius 3 is 2.14 bits per heavy atom. The van der Waals surface area contributed by atoms with Gasteiger partial charge in [0.2, 0.25) is 0 Å². The van der Waals surface area contributed by atoms with Gasteiger partial charge in [-0.15, -0.1) is 0 Å². The zero-order valence-corrected chi connectivity index (χ0v) is 31.2. The lowest BCUT2D eigenvalue weighted by atomic mass is 9.78. The van der Waals surface area contributed by atoms with E-state index >= 15 is 0 Å². The molecule has 12 nitrogen and oxygen atoms in total. The monoisotopic (exact) mass is 709 g/mol. The number of Topliss-reactive ketones (excluding diaryl/α,β-unsaturated/α-hetero) is 1. The lowest BCUT2D eigenvalue weighted by molar-refractivity contribution is -0.160. The minimum absolute atomic E-state index is 0.0181. The lowest BCUT2D eigenvalue weighted by Crippen LogP contribution is -2.46. The van der Waals surface area contributed by atoms with Gasteiger partial charge in [0.25, 0.3) is 11.7 Å². The van der Waals surface area contributed by atoms with Crippen molar-refractivity contribution in [1.29, 1.82) is 0 Å². The summed E-state index contributed by atoms with van der Waals surface area (Å²) in [6.45, 7) is 16.3. The Morgan fingerprint density at radius 1 is 0.882 bits per heavy atom. The van der Waals surface area contributed by atoms with Crippen molar-refractivity contribution < 1.29 is 53.8 Å². The average molecular weight is 710 g/mol. The van der Waals surface area contributed by atoms with Crippen LogP contribution in [0.2, 0.25) is 0 Å². The third-order valence-electron chi connectivity index (χ3n) is 10.6. The van der Waals surface area contributed by atoms with Crippen molar-refractivity contribution in [2.24, 2.45) is 23.7 Å². The molecule has 5 N–H and O–H groups in total. The van der Waals surface area contributed by atoms with Crippen LogP contribution in [0.1, 0.15) is 75.5 Å². The Hall–Kier alpha value is -4.39. The van der Waals surface area contributed by atoms with Gasteiger partial charge in [0.1, 0.15) is 17.6 Å². The molecule has 3 heterocycles. The van der Waals surface area contributed by atoms with Gasteiger partial charge in [0.15, 0.2) is 5.75 Å². The van der Waals surface area contributed by atoms with E-state index in [1.165, 1.54) is 27.2 Å². The predicted molar refractivity (Wildman–Crippen MR) is 192 cm³/mol. The standard InChI is InChI=1S/C39H51NO11/c1-17-13-12-14-18(2)38(47)40-30-20(4)19(3)27-28(34(30)45)33(44)24(8)36-29(27)37(46)39(10,51-36)49-16-15-26(48-11)21(5)35(50-25(9)41)23(7)32(43)22(6)31(17)42/h12-17,21-23,26,31-32,35,42-45H,1-11H3,(H,40,47)/b13-12+,16-15-,18-14-. The van der Waals surface area contributed by atoms with Crippen LogP contribution in [-0.4, -0.2) is 75.4 Å². The summed E-state index contributed by atoms with van der Waals surface area (Å²) < 4.78 is 23.5. The number of ketones is 1. The van der Waals surface area contributed by atoms with Gasteiger partial charge in [-0.1, -0.05) is 45.9 Å². The molecule has 0 saturated carbocycles. The van der Waals surface area contributed by atoms with Crippen molar-refractivity contribution in [3.8, 4) is 17.2 Å². The summed E-state index contributed by atoms with van der Waals surface area (Å²) in [5.74, 6) is -6.45. The molecule has 1 amide bonds. The van der Waals surface area contributed by atoms with Crippen LogP contribution in [0.15, 0.2) is 36.1 Å². The Labute approximate surface area is 298 Å². The van der Waals surface area contributed by atoms with Gasteiger partial charge in [-0.2, -0.15) is 0 Å². The number of carbonyl (C=O) groups excluding carboxylic acids is 3. The third kappa shape index (κ3) is 7.22. The van der Waals surface area contributed by atoms with Gasteiger partial charge in [0.05, 0.1) is 41.2 Å². The van der Waals surface area contributed by atoms with Gasteiger partial charge in [-0.3, -0.25) is 14.4 Å². The van der Waals surface area contributed by atoms with Crippen molar-refractivity contribution >= 4 is 34.1 Å². The summed E-state index contributed by atoms with van der Waals surface area (Å²) in [4.78, 5) is 39.7. The number of phenols is 2. The predicted octanol–water partition coefficient (Wildman–Crippen LogP) is 5.67. The number of fused-ring (bicyclic) bond motifs is 14. The van der Waals surface area contributed by atoms with Crippen LogP contribution in [0.25, 0.3) is 10.8 Å². The Kier molecular flexibility index (Phi) is 11.6. The Morgan fingerprint density at radius 2 is 1.53 bits per heavy atom. The van der Waals surface area contributed by atoms with Crippen molar-refractivity contribution in [2.75, 3.05) is 12.4 Å². The van der Waals surface area contributed by atoms with E-state index in [0.717, 1.165) is 0 Å². The first-order valence-electron chi connectivity index (χ1n) is 17.1. The number of hydrogen-bond acceptors (Lipinski definition) is 11. The molecule has 2 aromatic rings. The van der Waals surface area contributed by atoms with E-state index in [0.29, 0.717) is 11.1 Å². The number of aryl methyl sites for hydroxylation is 1. The number of esters is 1. The molecule has 0 radical (unpaired) electrons.